The fourth-order valence-electron chi connectivity index (χ4n) is 1.70. The van der Waals surface area contributed by atoms with Crippen molar-refractivity contribution in [3.63, 3.8) is 0 Å². The van der Waals surface area contributed by atoms with Crippen molar-refractivity contribution in [3.05, 3.63) is 54.5 Å². The molecule has 4 nitrogen and oxygen atoms in total. The molecule has 0 aliphatic carbocycles. The maximum atomic E-state index is 12.4. The average Bonchev–Trinajstić information content (AvgIpc) is 2.84. The Morgan fingerprint density at radius 1 is 1.12 bits per heavy atom. The van der Waals surface area contributed by atoms with E-state index < -0.39 is 15.1 Å². The molecule has 0 saturated carbocycles. The molecular weight excluding hydrogens is 238 g/mol. The maximum absolute atomic E-state index is 12.4. The molecule has 0 amide bonds. The van der Waals surface area contributed by atoms with Crippen molar-refractivity contribution in [2.45, 2.75) is 10.1 Å². The van der Waals surface area contributed by atoms with Crippen molar-refractivity contribution in [2.75, 3.05) is 6.54 Å². The molecule has 5 heteroatoms. The summed E-state index contributed by atoms with van der Waals surface area (Å²) < 4.78 is 29.9. The summed E-state index contributed by atoms with van der Waals surface area (Å²) in [4.78, 5) is 0.296. The number of hydrogen-bond acceptors (Lipinski definition) is 3. The molecule has 1 atom stereocenters. The summed E-state index contributed by atoms with van der Waals surface area (Å²) in [6.45, 7) is 0.241. The highest BCUT2D eigenvalue weighted by Gasteiger charge is 2.31. The van der Waals surface area contributed by atoms with Crippen LogP contribution < -0.4 is 5.73 Å². The first-order valence-electron chi connectivity index (χ1n) is 5.28. The van der Waals surface area contributed by atoms with E-state index in [1.165, 1.54) is 6.26 Å². The minimum Gasteiger partial charge on any atom is -0.468 e. The third-order valence-electron chi connectivity index (χ3n) is 2.57. The first kappa shape index (κ1) is 11.9. The van der Waals surface area contributed by atoms with Crippen molar-refractivity contribution in [2.24, 2.45) is 0 Å². The molecule has 0 unspecified atom stereocenters. The van der Waals surface area contributed by atoms with Crippen molar-refractivity contribution < 1.29 is 18.6 Å². The van der Waals surface area contributed by atoms with Crippen LogP contribution in [0.1, 0.15) is 11.0 Å². The summed E-state index contributed by atoms with van der Waals surface area (Å²) in [6.07, 6.45) is 1.47. The van der Waals surface area contributed by atoms with Gasteiger partial charge in [-0.1, -0.05) is 18.2 Å². The quantitative estimate of drug-likeness (QED) is 0.883. The van der Waals surface area contributed by atoms with Crippen LogP contribution in [-0.2, 0) is 9.84 Å². The van der Waals surface area contributed by atoms with Gasteiger partial charge in [-0.05, 0) is 24.3 Å². The average molecular weight is 252 g/mol. The van der Waals surface area contributed by atoms with E-state index in [1.54, 1.807) is 42.5 Å². The molecule has 0 spiro atoms. The molecule has 17 heavy (non-hydrogen) atoms. The van der Waals surface area contributed by atoms with E-state index in [4.69, 9.17) is 4.42 Å². The normalized spacial score (nSPS) is 13.5. The molecule has 0 aliphatic heterocycles. The Morgan fingerprint density at radius 3 is 2.35 bits per heavy atom. The van der Waals surface area contributed by atoms with Crippen LogP contribution in [0.15, 0.2) is 58.0 Å². The molecule has 0 radical (unpaired) electrons. The summed E-state index contributed by atoms with van der Waals surface area (Å²) in [5.74, 6) is 0.434. The van der Waals surface area contributed by atoms with Crippen LogP contribution in [0.25, 0.3) is 0 Å². The Kier molecular flexibility index (Phi) is 3.31. The molecule has 0 aliphatic rings. The van der Waals surface area contributed by atoms with Gasteiger partial charge in [-0.25, -0.2) is 8.42 Å². The molecule has 0 bridgehead atoms. The van der Waals surface area contributed by atoms with Gasteiger partial charge in [0.1, 0.15) is 5.76 Å². The standard InChI is InChI=1S/C12H13NO3S/c13-9-12(11-7-4-8-16-11)17(14,15)10-5-2-1-3-6-10/h1-8,12H,9,13H2/p+1/t12-/m0/s1. The SMILES string of the molecule is [NH3+]C[C@@H](c1ccco1)S(=O)(=O)c1ccccc1. The Morgan fingerprint density at radius 2 is 1.82 bits per heavy atom. The highest BCUT2D eigenvalue weighted by Crippen LogP contribution is 2.27. The lowest BCUT2D eigenvalue weighted by Crippen LogP contribution is -2.54. The summed E-state index contributed by atoms with van der Waals surface area (Å²) in [7, 11) is -3.43. The van der Waals surface area contributed by atoms with Gasteiger partial charge in [0.2, 0.25) is 0 Å². The number of benzene rings is 1. The number of hydrogen-bond donors (Lipinski definition) is 1. The second-order valence-corrected chi connectivity index (χ2v) is 5.78. The molecule has 1 heterocycles. The second kappa shape index (κ2) is 4.73. The van der Waals surface area contributed by atoms with Gasteiger partial charge >= 0.3 is 0 Å². The molecule has 0 saturated heterocycles. The number of furan rings is 1. The van der Waals surface area contributed by atoms with Crippen LogP contribution in [0.2, 0.25) is 0 Å². The van der Waals surface area contributed by atoms with E-state index >= 15 is 0 Å². The first-order valence-corrected chi connectivity index (χ1v) is 6.82. The Bertz CT molecular complexity index is 561. The molecule has 90 valence electrons. The molecule has 2 aromatic rings. The van der Waals surface area contributed by atoms with E-state index in [2.05, 4.69) is 5.73 Å². The number of rotatable bonds is 4. The van der Waals surface area contributed by atoms with E-state index in [1.807, 2.05) is 0 Å². The van der Waals surface area contributed by atoms with Crippen LogP contribution >= 0.6 is 0 Å². The highest BCUT2D eigenvalue weighted by atomic mass is 32.2. The van der Waals surface area contributed by atoms with E-state index in [0.29, 0.717) is 10.7 Å². The smallest absolute Gasteiger partial charge is 0.194 e. The molecule has 2 rings (SSSR count). The topological polar surface area (TPSA) is 74.9 Å². The van der Waals surface area contributed by atoms with Gasteiger partial charge in [0.15, 0.2) is 15.1 Å². The van der Waals surface area contributed by atoms with Crippen molar-refractivity contribution in [3.8, 4) is 0 Å². The van der Waals surface area contributed by atoms with Gasteiger partial charge in [-0.15, -0.1) is 0 Å². The molecule has 1 aromatic carbocycles. The number of sulfone groups is 1. The zero-order valence-corrected chi connectivity index (χ0v) is 10.1. The Hall–Kier alpha value is -1.59. The monoisotopic (exact) mass is 252 g/mol. The zero-order valence-electron chi connectivity index (χ0n) is 9.24. The van der Waals surface area contributed by atoms with Gasteiger partial charge in [0.05, 0.1) is 17.7 Å². The first-order chi connectivity index (χ1) is 8.16. The fraction of sp³-hybridized carbons (Fsp3) is 0.167. The zero-order chi connectivity index (χ0) is 12.3. The van der Waals surface area contributed by atoms with Crippen LogP contribution in [0.3, 0.4) is 0 Å². The fourth-order valence-corrected chi connectivity index (χ4v) is 3.31. The lowest BCUT2D eigenvalue weighted by Gasteiger charge is -2.11. The largest absolute Gasteiger partial charge is 0.468 e. The van der Waals surface area contributed by atoms with Crippen molar-refractivity contribution >= 4 is 9.84 Å². The third kappa shape index (κ3) is 2.25. The van der Waals surface area contributed by atoms with Gasteiger partial charge in [-0.3, -0.25) is 0 Å². The third-order valence-corrected chi connectivity index (χ3v) is 4.72. The van der Waals surface area contributed by atoms with Gasteiger partial charge in [0.25, 0.3) is 0 Å². The predicted octanol–water partition coefficient (Wildman–Crippen LogP) is 1.04. The molecule has 0 fully saturated rings. The molecule has 1 aromatic heterocycles. The summed E-state index contributed by atoms with van der Waals surface area (Å²) in [5.41, 5.74) is 3.69. The molecular formula is C12H14NO3S+. The van der Waals surface area contributed by atoms with Crippen LogP contribution in [0.5, 0.6) is 0 Å². The molecule has 3 N–H and O–H groups in total. The van der Waals surface area contributed by atoms with Crippen LogP contribution in [-0.4, -0.2) is 15.0 Å². The summed E-state index contributed by atoms with van der Waals surface area (Å²) in [6, 6.07) is 11.7. The lowest BCUT2D eigenvalue weighted by molar-refractivity contribution is -0.368. The Labute approximate surface area is 100.0 Å². The van der Waals surface area contributed by atoms with Crippen molar-refractivity contribution in [1.82, 2.24) is 0 Å². The number of quaternary nitrogens is 1. The predicted molar refractivity (Wildman–Crippen MR) is 62.8 cm³/mol. The summed E-state index contributed by atoms with van der Waals surface area (Å²) in [5, 5.41) is -0.722. The van der Waals surface area contributed by atoms with E-state index in [9.17, 15) is 8.42 Å². The Balaban J connectivity index is 2.45. The maximum Gasteiger partial charge on any atom is 0.194 e. The van der Waals surface area contributed by atoms with Crippen molar-refractivity contribution in [1.29, 1.82) is 0 Å². The minimum atomic E-state index is -3.43. The van der Waals surface area contributed by atoms with E-state index in [-0.39, 0.29) is 6.54 Å². The minimum absolute atomic E-state index is 0.241. The summed E-state index contributed by atoms with van der Waals surface area (Å²) >= 11 is 0. The second-order valence-electron chi connectivity index (χ2n) is 3.65. The van der Waals surface area contributed by atoms with Crippen LogP contribution in [0, 0.1) is 0 Å². The van der Waals surface area contributed by atoms with Crippen LogP contribution in [0.4, 0.5) is 0 Å². The van der Waals surface area contributed by atoms with Gasteiger partial charge in [-0.2, -0.15) is 0 Å². The van der Waals surface area contributed by atoms with Gasteiger partial charge < -0.3 is 10.2 Å². The van der Waals surface area contributed by atoms with E-state index in [0.717, 1.165) is 0 Å². The highest BCUT2D eigenvalue weighted by molar-refractivity contribution is 7.91. The lowest BCUT2D eigenvalue weighted by atomic mass is 10.3. The van der Waals surface area contributed by atoms with Gasteiger partial charge in [0, 0.05) is 0 Å².